The summed E-state index contributed by atoms with van der Waals surface area (Å²) >= 11 is 0. The first-order chi connectivity index (χ1) is 9.95. The summed E-state index contributed by atoms with van der Waals surface area (Å²) in [5.41, 5.74) is 2.64. The SMILES string of the molecule is CCCCOCC(=O)NC(C(=O)O)c1ccc(C)c(C)c1. The average Bonchev–Trinajstić information content (AvgIpc) is 2.44. The lowest BCUT2D eigenvalue weighted by Crippen LogP contribution is -2.36. The van der Waals surface area contributed by atoms with E-state index >= 15 is 0 Å². The summed E-state index contributed by atoms with van der Waals surface area (Å²) in [7, 11) is 0. The fourth-order valence-electron chi connectivity index (χ4n) is 1.85. The molecule has 0 bridgehead atoms. The third-order valence-corrected chi connectivity index (χ3v) is 3.29. The van der Waals surface area contributed by atoms with Crippen LogP contribution in [0.3, 0.4) is 0 Å². The molecule has 1 amide bonds. The van der Waals surface area contributed by atoms with Gasteiger partial charge in [0.1, 0.15) is 6.61 Å². The van der Waals surface area contributed by atoms with E-state index in [1.54, 1.807) is 12.1 Å². The number of rotatable bonds is 8. The highest BCUT2D eigenvalue weighted by molar-refractivity contribution is 5.85. The smallest absolute Gasteiger partial charge is 0.330 e. The van der Waals surface area contributed by atoms with Gasteiger partial charge in [-0.2, -0.15) is 0 Å². The Labute approximate surface area is 125 Å². The fourth-order valence-corrected chi connectivity index (χ4v) is 1.85. The Morgan fingerprint density at radius 1 is 1.29 bits per heavy atom. The average molecular weight is 293 g/mol. The first-order valence-electron chi connectivity index (χ1n) is 7.12. The van der Waals surface area contributed by atoms with Gasteiger partial charge >= 0.3 is 5.97 Å². The van der Waals surface area contributed by atoms with Crippen molar-refractivity contribution in [3.8, 4) is 0 Å². The Bertz CT molecular complexity index is 499. The first kappa shape index (κ1) is 17.2. The van der Waals surface area contributed by atoms with Gasteiger partial charge in [0.15, 0.2) is 6.04 Å². The molecule has 0 saturated carbocycles. The van der Waals surface area contributed by atoms with Crippen LogP contribution in [0.5, 0.6) is 0 Å². The molecule has 5 heteroatoms. The van der Waals surface area contributed by atoms with Gasteiger partial charge in [0.2, 0.25) is 5.91 Å². The molecule has 1 unspecified atom stereocenters. The zero-order valence-electron chi connectivity index (χ0n) is 12.8. The number of carboxylic acids is 1. The zero-order valence-corrected chi connectivity index (χ0v) is 12.8. The predicted molar refractivity (Wildman–Crippen MR) is 80.2 cm³/mol. The van der Waals surface area contributed by atoms with Crippen LogP contribution >= 0.6 is 0 Å². The quantitative estimate of drug-likeness (QED) is 0.721. The van der Waals surface area contributed by atoms with Crippen LogP contribution in [-0.2, 0) is 14.3 Å². The molecular formula is C16H23NO4. The second-order valence-electron chi connectivity index (χ2n) is 5.09. The summed E-state index contributed by atoms with van der Waals surface area (Å²) in [5, 5.41) is 11.8. The van der Waals surface area contributed by atoms with Gasteiger partial charge in [0.25, 0.3) is 0 Å². The van der Waals surface area contributed by atoms with Crippen LogP contribution in [0.15, 0.2) is 18.2 Å². The molecule has 0 heterocycles. The van der Waals surface area contributed by atoms with E-state index in [1.807, 2.05) is 26.8 Å². The number of amides is 1. The Morgan fingerprint density at radius 2 is 2.00 bits per heavy atom. The number of aryl methyl sites for hydroxylation is 2. The number of hydrogen-bond donors (Lipinski definition) is 2. The molecule has 0 aliphatic rings. The number of nitrogens with one attached hydrogen (secondary N) is 1. The zero-order chi connectivity index (χ0) is 15.8. The minimum Gasteiger partial charge on any atom is -0.479 e. The number of carbonyl (C=O) groups excluding carboxylic acids is 1. The third kappa shape index (κ3) is 5.55. The van der Waals surface area contributed by atoms with E-state index in [2.05, 4.69) is 5.32 Å². The van der Waals surface area contributed by atoms with Gasteiger partial charge in [-0.05, 0) is 37.0 Å². The fraction of sp³-hybridized carbons (Fsp3) is 0.500. The van der Waals surface area contributed by atoms with Crippen molar-refractivity contribution < 1.29 is 19.4 Å². The van der Waals surface area contributed by atoms with E-state index in [1.165, 1.54) is 0 Å². The molecule has 1 aromatic carbocycles. The minimum absolute atomic E-state index is 0.116. The van der Waals surface area contributed by atoms with E-state index in [0.29, 0.717) is 12.2 Å². The number of carbonyl (C=O) groups is 2. The van der Waals surface area contributed by atoms with Crippen LogP contribution in [0.1, 0.15) is 42.5 Å². The Balaban J connectivity index is 2.67. The maximum Gasteiger partial charge on any atom is 0.330 e. The van der Waals surface area contributed by atoms with E-state index in [4.69, 9.17) is 4.74 Å². The van der Waals surface area contributed by atoms with E-state index in [9.17, 15) is 14.7 Å². The maximum absolute atomic E-state index is 11.7. The molecule has 1 aromatic rings. The summed E-state index contributed by atoms with van der Waals surface area (Å²) < 4.78 is 5.19. The molecule has 1 rings (SSSR count). The Kier molecular flexibility index (Phi) is 6.88. The number of ether oxygens (including phenoxy) is 1. The van der Waals surface area contributed by atoms with E-state index in [-0.39, 0.29) is 6.61 Å². The van der Waals surface area contributed by atoms with Gasteiger partial charge in [0.05, 0.1) is 0 Å². The first-order valence-corrected chi connectivity index (χ1v) is 7.12. The molecule has 0 aromatic heterocycles. The lowest BCUT2D eigenvalue weighted by molar-refractivity contribution is -0.142. The monoisotopic (exact) mass is 293 g/mol. The molecule has 116 valence electrons. The maximum atomic E-state index is 11.7. The number of hydrogen-bond acceptors (Lipinski definition) is 3. The molecule has 0 spiro atoms. The van der Waals surface area contributed by atoms with Crippen LogP contribution in [0.2, 0.25) is 0 Å². The van der Waals surface area contributed by atoms with Crippen LogP contribution in [0.4, 0.5) is 0 Å². The van der Waals surface area contributed by atoms with Crippen molar-refractivity contribution in [2.75, 3.05) is 13.2 Å². The van der Waals surface area contributed by atoms with Crippen molar-refractivity contribution in [2.24, 2.45) is 0 Å². The van der Waals surface area contributed by atoms with Crippen LogP contribution in [0, 0.1) is 13.8 Å². The second kappa shape index (κ2) is 8.42. The summed E-state index contributed by atoms with van der Waals surface area (Å²) in [4.78, 5) is 23.1. The van der Waals surface area contributed by atoms with Crippen molar-refractivity contribution in [3.63, 3.8) is 0 Å². The van der Waals surface area contributed by atoms with E-state index < -0.39 is 17.9 Å². The standard InChI is InChI=1S/C16H23NO4/c1-4-5-8-21-10-14(18)17-15(16(19)20)13-7-6-11(2)12(3)9-13/h6-7,9,15H,4-5,8,10H2,1-3H3,(H,17,18)(H,19,20). The molecule has 0 saturated heterocycles. The molecule has 2 N–H and O–H groups in total. The summed E-state index contributed by atoms with van der Waals surface area (Å²) in [6, 6.07) is 4.31. The van der Waals surface area contributed by atoms with Crippen molar-refractivity contribution in [2.45, 2.75) is 39.7 Å². The molecule has 21 heavy (non-hydrogen) atoms. The van der Waals surface area contributed by atoms with Gasteiger partial charge < -0.3 is 15.2 Å². The normalized spacial score (nSPS) is 12.0. The lowest BCUT2D eigenvalue weighted by atomic mass is 10.0. The van der Waals surface area contributed by atoms with Gasteiger partial charge in [-0.15, -0.1) is 0 Å². The third-order valence-electron chi connectivity index (χ3n) is 3.29. The Morgan fingerprint density at radius 3 is 2.57 bits per heavy atom. The molecule has 0 aliphatic carbocycles. The highest BCUT2D eigenvalue weighted by Crippen LogP contribution is 2.17. The number of carboxylic acid groups (broad SMARTS) is 1. The topological polar surface area (TPSA) is 75.6 Å². The molecule has 5 nitrogen and oxygen atoms in total. The number of aliphatic carboxylic acids is 1. The largest absolute Gasteiger partial charge is 0.479 e. The van der Waals surface area contributed by atoms with Crippen molar-refractivity contribution >= 4 is 11.9 Å². The van der Waals surface area contributed by atoms with Crippen molar-refractivity contribution in [1.82, 2.24) is 5.32 Å². The predicted octanol–water partition coefficient (Wildman–Crippen LogP) is 2.36. The molecule has 0 aliphatic heterocycles. The summed E-state index contributed by atoms with van der Waals surface area (Å²) in [6.07, 6.45) is 1.87. The van der Waals surface area contributed by atoms with Crippen LogP contribution < -0.4 is 5.32 Å². The highest BCUT2D eigenvalue weighted by atomic mass is 16.5. The molecule has 0 radical (unpaired) electrons. The lowest BCUT2D eigenvalue weighted by Gasteiger charge is -2.16. The van der Waals surface area contributed by atoms with Crippen LogP contribution in [0.25, 0.3) is 0 Å². The molecule has 1 atom stereocenters. The van der Waals surface area contributed by atoms with Crippen molar-refractivity contribution in [1.29, 1.82) is 0 Å². The van der Waals surface area contributed by atoms with Gasteiger partial charge in [-0.25, -0.2) is 4.79 Å². The van der Waals surface area contributed by atoms with Crippen molar-refractivity contribution in [3.05, 3.63) is 34.9 Å². The van der Waals surface area contributed by atoms with Crippen LogP contribution in [-0.4, -0.2) is 30.2 Å². The number of unbranched alkanes of at least 4 members (excludes halogenated alkanes) is 1. The molecule has 0 fully saturated rings. The highest BCUT2D eigenvalue weighted by Gasteiger charge is 2.22. The van der Waals surface area contributed by atoms with Gasteiger partial charge in [-0.3, -0.25) is 4.79 Å². The summed E-state index contributed by atoms with van der Waals surface area (Å²) in [6.45, 7) is 6.28. The van der Waals surface area contributed by atoms with Gasteiger partial charge in [-0.1, -0.05) is 31.5 Å². The van der Waals surface area contributed by atoms with Gasteiger partial charge in [0, 0.05) is 6.61 Å². The molecular weight excluding hydrogens is 270 g/mol. The number of benzene rings is 1. The second-order valence-corrected chi connectivity index (χ2v) is 5.09. The Hall–Kier alpha value is -1.88. The minimum atomic E-state index is -1.08. The van der Waals surface area contributed by atoms with E-state index in [0.717, 1.165) is 24.0 Å². The summed E-state index contributed by atoms with van der Waals surface area (Å²) in [5.74, 6) is -1.50.